The highest BCUT2D eigenvalue weighted by Crippen LogP contribution is 2.38. The number of anilines is 2. The molecule has 1 N–H and O–H groups in total. The van der Waals surface area contributed by atoms with Crippen LogP contribution in [0.15, 0.2) is 53.1 Å². The molecule has 6 rings (SSSR count). The Bertz CT molecular complexity index is 1830. The van der Waals surface area contributed by atoms with E-state index in [2.05, 4.69) is 31.8 Å². The molecule has 3 aromatic heterocycles. The number of thioether (sulfide) groups is 1. The summed E-state index contributed by atoms with van der Waals surface area (Å²) in [6.07, 6.45) is 2.73. The number of piperazine rings is 1. The fourth-order valence-corrected chi connectivity index (χ4v) is 6.51. The number of hydrogen-bond donors (Lipinski definition) is 1. The fourth-order valence-electron chi connectivity index (χ4n) is 5.66. The molecule has 2 aliphatic heterocycles. The third-order valence-electron chi connectivity index (χ3n) is 7.68. The van der Waals surface area contributed by atoms with Gasteiger partial charge in [0.15, 0.2) is 11.5 Å². The van der Waals surface area contributed by atoms with Crippen molar-refractivity contribution in [2.45, 2.75) is 37.8 Å². The molecule has 13 heteroatoms. The molecule has 0 radical (unpaired) electrons. The molecular weight excluding hydrogens is 574 g/mol. The van der Waals surface area contributed by atoms with Gasteiger partial charge in [0.25, 0.3) is 0 Å². The van der Waals surface area contributed by atoms with Crippen molar-refractivity contribution in [1.29, 1.82) is 0 Å². The first-order valence-corrected chi connectivity index (χ1v) is 15.0. The number of fused-ring (bicyclic) bond motifs is 5. The number of benzene rings is 1. The van der Waals surface area contributed by atoms with Gasteiger partial charge in [0.1, 0.15) is 34.4 Å². The van der Waals surface area contributed by atoms with Crippen LogP contribution >= 0.6 is 11.8 Å². The molecule has 1 fully saturated rings. The highest BCUT2D eigenvalue weighted by atomic mass is 32.2. The monoisotopic (exact) mass is 604 g/mol. The van der Waals surface area contributed by atoms with E-state index in [1.807, 2.05) is 25.7 Å². The van der Waals surface area contributed by atoms with Crippen molar-refractivity contribution in [2.24, 2.45) is 0 Å². The lowest BCUT2D eigenvalue weighted by Gasteiger charge is -2.40. The quantitative estimate of drug-likeness (QED) is 0.269. The SMILES string of the molecule is C=CC(=O)N1CCN(c2nc(=O)n3c4nc(c(F)cc24)-c2c(F)cccc2NCCSc2ncnc(C(C)C)c2-3)[C@@H](C)C1. The van der Waals surface area contributed by atoms with Crippen LogP contribution in [-0.2, 0) is 4.79 Å². The predicted octanol–water partition coefficient (Wildman–Crippen LogP) is 4.38. The summed E-state index contributed by atoms with van der Waals surface area (Å²) in [5.41, 5.74) is 0.616. The molecular formula is C30H30F2N8O2S. The number of rotatable bonds is 3. The van der Waals surface area contributed by atoms with Crippen molar-refractivity contribution in [1.82, 2.24) is 29.4 Å². The number of carbonyl (C=O) groups excluding carboxylic acids is 1. The van der Waals surface area contributed by atoms with Gasteiger partial charge in [-0.15, -0.1) is 11.8 Å². The van der Waals surface area contributed by atoms with Crippen LogP contribution in [0.3, 0.4) is 0 Å². The first-order chi connectivity index (χ1) is 20.7. The second-order valence-electron chi connectivity index (χ2n) is 10.8. The smallest absolute Gasteiger partial charge is 0.355 e. The molecule has 2 bridgehead atoms. The molecule has 0 spiro atoms. The van der Waals surface area contributed by atoms with E-state index in [1.54, 1.807) is 17.0 Å². The van der Waals surface area contributed by atoms with Gasteiger partial charge in [-0.2, -0.15) is 4.98 Å². The first-order valence-electron chi connectivity index (χ1n) is 14.0. The molecule has 222 valence electrons. The van der Waals surface area contributed by atoms with Gasteiger partial charge in [-0.25, -0.2) is 33.1 Å². The second-order valence-corrected chi connectivity index (χ2v) is 11.9. The van der Waals surface area contributed by atoms with E-state index in [4.69, 9.17) is 0 Å². The molecule has 43 heavy (non-hydrogen) atoms. The summed E-state index contributed by atoms with van der Waals surface area (Å²) >= 11 is 1.42. The number of nitrogens with one attached hydrogen (secondary N) is 1. The summed E-state index contributed by atoms with van der Waals surface area (Å²) in [6.45, 7) is 10.9. The molecule has 10 nitrogen and oxygen atoms in total. The van der Waals surface area contributed by atoms with E-state index in [1.165, 1.54) is 40.9 Å². The van der Waals surface area contributed by atoms with Gasteiger partial charge in [-0.05, 0) is 37.1 Å². The molecule has 1 saturated heterocycles. The van der Waals surface area contributed by atoms with Crippen LogP contribution in [0.2, 0.25) is 0 Å². The first kappa shape index (κ1) is 28.7. The van der Waals surface area contributed by atoms with Crippen molar-refractivity contribution >= 4 is 40.2 Å². The summed E-state index contributed by atoms with van der Waals surface area (Å²) < 4.78 is 32.8. The Morgan fingerprint density at radius 2 is 2.00 bits per heavy atom. The summed E-state index contributed by atoms with van der Waals surface area (Å²) in [4.78, 5) is 48.1. The molecule has 1 amide bonds. The van der Waals surface area contributed by atoms with Crippen molar-refractivity contribution in [3.63, 3.8) is 0 Å². The summed E-state index contributed by atoms with van der Waals surface area (Å²) in [5, 5.41) is 4.03. The van der Waals surface area contributed by atoms with E-state index in [0.29, 0.717) is 54.0 Å². The van der Waals surface area contributed by atoms with Crippen LogP contribution in [0, 0.1) is 11.6 Å². The Labute approximate surface area is 250 Å². The van der Waals surface area contributed by atoms with Crippen molar-refractivity contribution < 1.29 is 13.6 Å². The van der Waals surface area contributed by atoms with Crippen LogP contribution in [0.1, 0.15) is 32.4 Å². The zero-order chi connectivity index (χ0) is 30.4. The van der Waals surface area contributed by atoms with E-state index in [-0.39, 0.29) is 46.0 Å². The maximum Gasteiger partial charge on any atom is 0.355 e. The number of pyridine rings is 1. The normalized spacial score (nSPS) is 16.7. The third-order valence-corrected chi connectivity index (χ3v) is 8.66. The third kappa shape index (κ3) is 5.01. The van der Waals surface area contributed by atoms with Crippen LogP contribution < -0.4 is 15.9 Å². The maximum absolute atomic E-state index is 16.1. The minimum atomic E-state index is -0.762. The fraction of sp³-hybridized carbons (Fsp3) is 0.333. The second kappa shape index (κ2) is 11.4. The van der Waals surface area contributed by atoms with E-state index >= 15 is 8.78 Å². The van der Waals surface area contributed by atoms with Crippen LogP contribution in [0.25, 0.3) is 28.0 Å². The van der Waals surface area contributed by atoms with Gasteiger partial charge < -0.3 is 15.1 Å². The number of nitrogens with zero attached hydrogens (tertiary/aromatic N) is 7. The van der Waals surface area contributed by atoms with Crippen molar-refractivity contribution in [3.8, 4) is 16.9 Å². The highest BCUT2D eigenvalue weighted by molar-refractivity contribution is 7.99. The Balaban J connectivity index is 1.68. The minimum absolute atomic E-state index is 0.0247. The zero-order valence-corrected chi connectivity index (χ0v) is 24.8. The summed E-state index contributed by atoms with van der Waals surface area (Å²) in [6, 6.07) is 5.48. The molecule has 0 unspecified atom stereocenters. The Morgan fingerprint density at radius 1 is 1.19 bits per heavy atom. The molecule has 2 aliphatic rings. The van der Waals surface area contributed by atoms with Gasteiger partial charge >= 0.3 is 5.69 Å². The standard InChI is InChI=1S/C30H30F2N8O2S/c1-5-22(41)38-10-11-39(17(4)14-38)27-18-13-20(32)25-23-19(31)7-6-8-21(23)33-9-12-43-29-26(24(16(2)3)34-15-35-29)40(28(18)36-25)30(42)37-27/h5-8,13,15-17,33H,1,9-12,14H2,2-4H3/t17-/m0/s1. The molecule has 0 saturated carbocycles. The predicted molar refractivity (Wildman–Crippen MR) is 163 cm³/mol. The lowest BCUT2D eigenvalue weighted by Crippen LogP contribution is -2.54. The Morgan fingerprint density at radius 3 is 2.74 bits per heavy atom. The van der Waals surface area contributed by atoms with E-state index in [0.717, 1.165) is 0 Å². The van der Waals surface area contributed by atoms with Crippen molar-refractivity contribution in [2.75, 3.05) is 42.1 Å². The lowest BCUT2D eigenvalue weighted by atomic mass is 10.1. The largest absolute Gasteiger partial charge is 0.384 e. The molecule has 1 atom stereocenters. The van der Waals surface area contributed by atoms with Gasteiger partial charge in [-0.1, -0.05) is 26.5 Å². The van der Waals surface area contributed by atoms with Gasteiger partial charge in [0.2, 0.25) is 5.91 Å². The van der Waals surface area contributed by atoms with Gasteiger partial charge in [0.05, 0.1) is 16.6 Å². The average molecular weight is 605 g/mol. The van der Waals surface area contributed by atoms with Crippen LogP contribution in [0.4, 0.5) is 20.3 Å². The van der Waals surface area contributed by atoms with E-state index < -0.39 is 17.3 Å². The number of hydrogen-bond acceptors (Lipinski definition) is 9. The maximum atomic E-state index is 16.1. The average Bonchev–Trinajstić information content (AvgIpc) is 2.98. The number of amides is 1. The number of aromatic nitrogens is 5. The molecule has 0 aliphatic carbocycles. The molecule has 5 heterocycles. The lowest BCUT2D eigenvalue weighted by molar-refractivity contribution is -0.126. The topological polar surface area (TPSA) is 109 Å². The van der Waals surface area contributed by atoms with Crippen LogP contribution in [-0.4, -0.2) is 73.3 Å². The van der Waals surface area contributed by atoms with Gasteiger partial charge in [0, 0.05) is 43.7 Å². The number of carbonyl (C=O) groups is 1. The Kier molecular flexibility index (Phi) is 7.59. The molecule has 4 aromatic rings. The minimum Gasteiger partial charge on any atom is -0.384 e. The number of halogens is 2. The van der Waals surface area contributed by atoms with Gasteiger partial charge in [-0.3, -0.25) is 4.79 Å². The highest BCUT2D eigenvalue weighted by Gasteiger charge is 2.31. The van der Waals surface area contributed by atoms with Crippen LogP contribution in [0.5, 0.6) is 0 Å². The zero-order valence-electron chi connectivity index (χ0n) is 24.0. The van der Waals surface area contributed by atoms with Crippen molar-refractivity contribution in [3.05, 3.63) is 71.1 Å². The summed E-state index contributed by atoms with van der Waals surface area (Å²) in [7, 11) is 0. The summed E-state index contributed by atoms with van der Waals surface area (Å²) in [5.74, 6) is -0.935. The Hall–Kier alpha value is -4.39. The molecule has 1 aromatic carbocycles. The van der Waals surface area contributed by atoms with E-state index in [9.17, 15) is 9.59 Å².